The number of nitrogens with zero attached hydrogens (tertiary/aromatic N) is 1. The summed E-state index contributed by atoms with van der Waals surface area (Å²) in [4.78, 5) is 2.88. The van der Waals surface area contributed by atoms with Crippen molar-refractivity contribution < 1.29 is 0 Å². The number of aryl methyl sites for hydroxylation is 2. The van der Waals surface area contributed by atoms with Gasteiger partial charge < -0.3 is 4.81 Å². The first kappa shape index (κ1) is 43.7. The van der Waals surface area contributed by atoms with Gasteiger partial charge in [-0.2, -0.15) is 0 Å². The molecule has 5 aliphatic rings. The molecule has 0 aromatic heterocycles. The van der Waals surface area contributed by atoms with Gasteiger partial charge in [0.2, 0.25) is 0 Å². The molecule has 0 amide bonds. The van der Waals surface area contributed by atoms with E-state index >= 15 is 0 Å². The Morgan fingerprint density at radius 2 is 0.909 bits per heavy atom. The average Bonchev–Trinajstić information content (AvgIpc) is 3.26. The standard InChI is InChI=1S/C64H74BN/c1-38-20-16-18-22-42(38)46-33-47-45-35-51-53(64(14,15)31-29-62(51,10)11)37-55(45)66(41-24-25-48-49(32-41)60(6,7)27-26-59(48,4)5)65-54-36-52-50(61(8,9)28-30-63(52,12)13)34-44(54)40(3)56(58(47)65)57(46)43-23-19-17-21-39(43)2/h16-25,32-37,40H,26-31H2,1-15H3. The van der Waals surface area contributed by atoms with E-state index in [-0.39, 0.29) is 45.3 Å². The normalized spacial score (nSPS) is 21.7. The van der Waals surface area contributed by atoms with Crippen LogP contribution >= 0.6 is 0 Å². The minimum Gasteiger partial charge on any atom is -0.376 e. The molecule has 0 radical (unpaired) electrons. The molecule has 2 aliphatic heterocycles. The summed E-state index contributed by atoms with van der Waals surface area (Å²) in [7, 11) is 0. The molecule has 11 rings (SSSR count). The molecule has 66 heavy (non-hydrogen) atoms. The summed E-state index contributed by atoms with van der Waals surface area (Å²) >= 11 is 0. The number of benzene rings is 6. The van der Waals surface area contributed by atoms with Crippen molar-refractivity contribution in [1.82, 2.24) is 0 Å². The lowest BCUT2D eigenvalue weighted by molar-refractivity contribution is 0.331. The van der Waals surface area contributed by atoms with Gasteiger partial charge in [-0.25, -0.2) is 0 Å². The third-order valence-corrected chi connectivity index (χ3v) is 18.7. The SMILES string of the molecule is Cc1ccccc1-c1cc2c3c(c1-c1ccccc1C)C(C)c1cc4c(cc1B3N(c1ccc3c(c1)C(C)(C)CCC3(C)C)c1cc3c(cc1-2)C(C)(C)CCC3(C)C)C(C)(C)CCC4(C)C. The highest BCUT2D eigenvalue weighted by atomic mass is 15.1. The number of rotatable bonds is 3. The lowest BCUT2D eigenvalue weighted by Crippen LogP contribution is -2.62. The molecular weight excluding hydrogens is 794 g/mol. The van der Waals surface area contributed by atoms with Gasteiger partial charge in [-0.15, -0.1) is 0 Å². The summed E-state index contributed by atoms with van der Waals surface area (Å²) < 4.78 is 0. The van der Waals surface area contributed by atoms with Crippen molar-refractivity contribution >= 4 is 29.1 Å². The first-order valence-corrected chi connectivity index (χ1v) is 25.6. The first-order chi connectivity index (χ1) is 30.9. The zero-order chi connectivity index (χ0) is 46.8. The van der Waals surface area contributed by atoms with Crippen LogP contribution in [0.1, 0.15) is 190 Å². The molecule has 1 unspecified atom stereocenters. The lowest BCUT2D eigenvalue weighted by atomic mass is 9.39. The maximum absolute atomic E-state index is 2.88. The van der Waals surface area contributed by atoms with Crippen LogP contribution in [-0.2, 0) is 32.5 Å². The van der Waals surface area contributed by atoms with Gasteiger partial charge >= 0.3 is 6.85 Å². The Morgan fingerprint density at radius 1 is 0.439 bits per heavy atom. The third-order valence-electron chi connectivity index (χ3n) is 18.7. The van der Waals surface area contributed by atoms with Crippen LogP contribution in [0.15, 0.2) is 97.1 Å². The highest BCUT2D eigenvalue weighted by Crippen LogP contribution is 2.56. The van der Waals surface area contributed by atoms with Gasteiger partial charge in [0.1, 0.15) is 0 Å². The molecule has 1 atom stereocenters. The summed E-state index contributed by atoms with van der Waals surface area (Å²) in [6, 6.07) is 39.7. The minimum absolute atomic E-state index is 0.0101. The Kier molecular flexibility index (Phi) is 9.36. The van der Waals surface area contributed by atoms with Crippen LogP contribution < -0.4 is 15.7 Å². The maximum atomic E-state index is 2.88. The van der Waals surface area contributed by atoms with Crippen molar-refractivity contribution in [2.45, 2.75) is 181 Å². The molecule has 2 heteroatoms. The molecule has 6 aromatic carbocycles. The topological polar surface area (TPSA) is 3.24 Å². The van der Waals surface area contributed by atoms with E-state index in [1.165, 1.54) is 139 Å². The van der Waals surface area contributed by atoms with E-state index < -0.39 is 0 Å². The molecule has 0 spiro atoms. The molecule has 1 nitrogen and oxygen atoms in total. The van der Waals surface area contributed by atoms with E-state index in [0.717, 1.165) is 0 Å². The smallest absolute Gasteiger partial charge is 0.329 e. The number of anilines is 2. The largest absolute Gasteiger partial charge is 0.376 e. The summed E-state index contributed by atoms with van der Waals surface area (Å²) in [6.07, 6.45) is 7.18. The van der Waals surface area contributed by atoms with Crippen LogP contribution in [0.25, 0.3) is 33.4 Å². The Balaban J connectivity index is 1.35. The monoisotopic (exact) mass is 868 g/mol. The zero-order valence-corrected chi connectivity index (χ0v) is 43.1. The number of hydrogen-bond donors (Lipinski definition) is 0. The quantitative estimate of drug-likeness (QED) is 0.160. The van der Waals surface area contributed by atoms with Gasteiger partial charge in [0.05, 0.1) is 0 Å². The van der Waals surface area contributed by atoms with Crippen LogP contribution in [-0.4, -0.2) is 6.85 Å². The van der Waals surface area contributed by atoms with Crippen molar-refractivity contribution in [3.05, 3.63) is 153 Å². The van der Waals surface area contributed by atoms with E-state index in [1.54, 1.807) is 11.1 Å². The van der Waals surface area contributed by atoms with Crippen molar-refractivity contribution in [2.24, 2.45) is 0 Å². The van der Waals surface area contributed by atoms with Crippen LogP contribution in [0.2, 0.25) is 0 Å². The van der Waals surface area contributed by atoms with Crippen molar-refractivity contribution in [3.63, 3.8) is 0 Å². The van der Waals surface area contributed by atoms with Crippen LogP contribution in [0, 0.1) is 13.8 Å². The molecule has 0 bridgehead atoms. The van der Waals surface area contributed by atoms with Crippen molar-refractivity contribution in [2.75, 3.05) is 4.81 Å². The molecule has 0 N–H and O–H groups in total. The summed E-state index contributed by atoms with van der Waals surface area (Å²) in [5.41, 5.74) is 29.4. The van der Waals surface area contributed by atoms with E-state index in [0.29, 0.717) is 0 Å². The van der Waals surface area contributed by atoms with Gasteiger partial charge in [-0.1, -0.05) is 157 Å². The summed E-state index contributed by atoms with van der Waals surface area (Å²) in [5.74, 6) is 0.175. The highest BCUT2D eigenvalue weighted by molar-refractivity contribution is 6.92. The Bertz CT molecular complexity index is 3040. The van der Waals surface area contributed by atoms with Crippen molar-refractivity contribution in [1.29, 1.82) is 0 Å². The molecule has 2 heterocycles. The lowest BCUT2D eigenvalue weighted by Gasteiger charge is -2.49. The van der Waals surface area contributed by atoms with Crippen molar-refractivity contribution in [3.8, 4) is 33.4 Å². The van der Waals surface area contributed by atoms with E-state index in [4.69, 9.17) is 0 Å². The Labute approximate surface area is 399 Å². The average molecular weight is 868 g/mol. The second-order valence-electron chi connectivity index (χ2n) is 25.8. The van der Waals surface area contributed by atoms with Crippen LogP contribution in [0.3, 0.4) is 0 Å². The maximum Gasteiger partial charge on any atom is 0.329 e. The Morgan fingerprint density at radius 3 is 1.47 bits per heavy atom. The molecular formula is C64H74BN. The highest BCUT2D eigenvalue weighted by Gasteiger charge is 2.50. The van der Waals surface area contributed by atoms with Gasteiger partial charge in [0.15, 0.2) is 0 Å². The molecule has 0 saturated heterocycles. The Hall–Kier alpha value is -4.82. The minimum atomic E-state index is -0.0101. The van der Waals surface area contributed by atoms with Gasteiger partial charge in [-0.05, 0) is 210 Å². The number of fused-ring (bicyclic) bond motifs is 7. The van der Waals surface area contributed by atoms with E-state index in [2.05, 4.69) is 206 Å². The second kappa shape index (κ2) is 14.1. The summed E-state index contributed by atoms with van der Waals surface area (Å²) in [5, 5.41) is 0. The molecule has 0 fully saturated rings. The van der Waals surface area contributed by atoms with E-state index in [9.17, 15) is 0 Å². The predicted octanol–water partition coefficient (Wildman–Crippen LogP) is 16.1. The number of hydrogen-bond acceptors (Lipinski definition) is 1. The predicted molar refractivity (Wildman–Crippen MR) is 286 cm³/mol. The van der Waals surface area contributed by atoms with Gasteiger partial charge in [-0.3, -0.25) is 0 Å². The van der Waals surface area contributed by atoms with Gasteiger partial charge in [0.25, 0.3) is 0 Å². The van der Waals surface area contributed by atoms with Crippen LogP contribution in [0.5, 0.6) is 0 Å². The first-order valence-electron chi connectivity index (χ1n) is 25.6. The third kappa shape index (κ3) is 6.24. The molecule has 6 aromatic rings. The zero-order valence-electron chi connectivity index (χ0n) is 43.1. The van der Waals surface area contributed by atoms with E-state index in [1.807, 2.05) is 0 Å². The molecule has 3 aliphatic carbocycles. The summed E-state index contributed by atoms with van der Waals surface area (Å²) in [6.45, 7) is 37.2. The fourth-order valence-corrected chi connectivity index (χ4v) is 13.9. The fraction of sp³-hybridized carbons (Fsp3) is 0.438. The van der Waals surface area contributed by atoms with Crippen LogP contribution in [0.4, 0.5) is 11.4 Å². The van der Waals surface area contributed by atoms with Gasteiger partial charge in [0, 0.05) is 22.9 Å². The second-order valence-corrected chi connectivity index (χ2v) is 25.8. The fourth-order valence-electron chi connectivity index (χ4n) is 13.9. The molecule has 0 saturated carbocycles. The molecule has 338 valence electrons.